The minimum Gasteiger partial charge on any atom is -0.508 e. The fourth-order valence-corrected chi connectivity index (χ4v) is 2.00. The quantitative estimate of drug-likeness (QED) is 0.473. The van der Waals surface area contributed by atoms with E-state index in [0.717, 1.165) is 0 Å². The van der Waals surface area contributed by atoms with Gasteiger partial charge >= 0.3 is 0 Å². The zero-order chi connectivity index (χ0) is 16.3. The Labute approximate surface area is 126 Å². The normalized spacial score (nSPS) is 10.4. The highest BCUT2D eigenvalue weighted by molar-refractivity contribution is 6.40. The van der Waals surface area contributed by atoms with Crippen LogP contribution in [-0.2, 0) is 12.8 Å². The van der Waals surface area contributed by atoms with Crippen molar-refractivity contribution in [1.29, 1.82) is 10.8 Å². The molecule has 6 heteroatoms. The molecule has 0 unspecified atom stereocenters. The lowest BCUT2D eigenvalue weighted by atomic mass is 9.99. The van der Waals surface area contributed by atoms with Crippen LogP contribution in [0.4, 0.5) is 0 Å². The van der Waals surface area contributed by atoms with E-state index in [1.165, 1.54) is 36.4 Å². The lowest BCUT2D eigenvalue weighted by molar-refractivity contribution is 0.446. The van der Waals surface area contributed by atoms with E-state index < -0.39 is 0 Å². The lowest BCUT2D eigenvalue weighted by Gasteiger charge is -2.09. The van der Waals surface area contributed by atoms with Gasteiger partial charge in [0, 0.05) is 36.1 Å². The molecule has 0 saturated heterocycles. The first-order valence-electron chi connectivity index (χ1n) is 6.53. The first-order chi connectivity index (χ1) is 10.4. The van der Waals surface area contributed by atoms with E-state index in [2.05, 4.69) is 0 Å². The van der Waals surface area contributed by atoms with Gasteiger partial charge in [-0.3, -0.25) is 0 Å². The van der Waals surface area contributed by atoms with Crippen molar-refractivity contribution >= 4 is 11.4 Å². The first-order valence-corrected chi connectivity index (χ1v) is 6.53. The minimum atomic E-state index is -0.134. The summed E-state index contributed by atoms with van der Waals surface area (Å²) in [5, 5.41) is 53.7. The standard InChI is InChI=1S/C16H16N2O4/c17-13(5-9-1-3-11(19)7-15(9)21)14(18)6-10-2-4-12(20)8-16(10)22/h1-4,7-8,17-22H,5-6H2. The van der Waals surface area contributed by atoms with Gasteiger partial charge in [-0.25, -0.2) is 0 Å². The van der Waals surface area contributed by atoms with E-state index in [9.17, 15) is 20.4 Å². The summed E-state index contributed by atoms with van der Waals surface area (Å²) >= 11 is 0. The Hall–Kier alpha value is -3.02. The summed E-state index contributed by atoms with van der Waals surface area (Å²) in [7, 11) is 0. The largest absolute Gasteiger partial charge is 0.508 e. The smallest absolute Gasteiger partial charge is 0.122 e. The summed E-state index contributed by atoms with van der Waals surface area (Å²) in [6.07, 6.45) is 0.0909. The van der Waals surface area contributed by atoms with Gasteiger partial charge in [-0.05, 0) is 12.1 Å². The molecule has 22 heavy (non-hydrogen) atoms. The van der Waals surface area contributed by atoms with E-state index in [-0.39, 0.29) is 47.3 Å². The van der Waals surface area contributed by atoms with Crippen LogP contribution in [0.1, 0.15) is 11.1 Å². The molecule has 2 aromatic carbocycles. The number of hydrogen-bond acceptors (Lipinski definition) is 6. The van der Waals surface area contributed by atoms with Crippen molar-refractivity contribution in [2.45, 2.75) is 12.8 Å². The summed E-state index contributed by atoms with van der Waals surface area (Å²) in [5.74, 6) is -0.413. The van der Waals surface area contributed by atoms with Crippen molar-refractivity contribution in [3.8, 4) is 23.0 Å². The molecule has 0 bridgehead atoms. The number of phenols is 4. The van der Waals surface area contributed by atoms with Crippen LogP contribution in [0.5, 0.6) is 23.0 Å². The molecular formula is C16H16N2O4. The maximum atomic E-state index is 9.69. The Balaban J connectivity index is 2.07. The van der Waals surface area contributed by atoms with Gasteiger partial charge in [-0.1, -0.05) is 12.1 Å². The van der Waals surface area contributed by atoms with E-state index in [1.807, 2.05) is 0 Å². The highest BCUT2D eigenvalue weighted by atomic mass is 16.3. The fraction of sp³-hybridized carbons (Fsp3) is 0.125. The van der Waals surface area contributed by atoms with Crippen LogP contribution in [0.15, 0.2) is 36.4 Å². The fourth-order valence-electron chi connectivity index (χ4n) is 2.00. The van der Waals surface area contributed by atoms with Gasteiger partial charge < -0.3 is 31.2 Å². The van der Waals surface area contributed by atoms with Crippen LogP contribution in [0, 0.1) is 10.8 Å². The summed E-state index contributed by atoms with van der Waals surface area (Å²) in [5.41, 5.74) is 0.854. The number of phenolic OH excluding ortho intramolecular Hbond substituents is 4. The van der Waals surface area contributed by atoms with E-state index in [4.69, 9.17) is 10.8 Å². The maximum absolute atomic E-state index is 9.69. The molecule has 0 aliphatic heterocycles. The molecule has 6 nitrogen and oxygen atoms in total. The second-order valence-corrected chi connectivity index (χ2v) is 4.94. The molecule has 6 N–H and O–H groups in total. The highest BCUT2D eigenvalue weighted by Crippen LogP contribution is 2.25. The van der Waals surface area contributed by atoms with Gasteiger partial charge in [0.25, 0.3) is 0 Å². The number of nitrogens with one attached hydrogen (secondary N) is 2. The summed E-state index contributed by atoms with van der Waals surface area (Å²) in [6, 6.07) is 8.14. The van der Waals surface area contributed by atoms with Crippen molar-refractivity contribution in [1.82, 2.24) is 0 Å². The van der Waals surface area contributed by atoms with Crippen molar-refractivity contribution in [2.24, 2.45) is 0 Å². The van der Waals surface area contributed by atoms with Crippen LogP contribution in [0.2, 0.25) is 0 Å². The monoisotopic (exact) mass is 300 g/mol. The third-order valence-corrected chi connectivity index (χ3v) is 3.24. The molecular weight excluding hydrogens is 284 g/mol. The summed E-state index contributed by atoms with van der Waals surface area (Å²) < 4.78 is 0. The number of rotatable bonds is 5. The van der Waals surface area contributed by atoms with E-state index in [0.29, 0.717) is 11.1 Å². The average Bonchev–Trinajstić information content (AvgIpc) is 2.44. The van der Waals surface area contributed by atoms with Gasteiger partial charge in [0.05, 0.1) is 11.4 Å². The van der Waals surface area contributed by atoms with Gasteiger partial charge in [-0.2, -0.15) is 0 Å². The molecule has 0 heterocycles. The Kier molecular flexibility index (Phi) is 4.31. The van der Waals surface area contributed by atoms with Gasteiger partial charge in [-0.15, -0.1) is 0 Å². The molecule has 0 spiro atoms. The molecule has 0 saturated carbocycles. The highest BCUT2D eigenvalue weighted by Gasteiger charge is 2.12. The van der Waals surface area contributed by atoms with Crippen molar-refractivity contribution in [3.05, 3.63) is 47.5 Å². The number of aromatic hydroxyl groups is 4. The third-order valence-electron chi connectivity index (χ3n) is 3.24. The molecule has 0 aliphatic carbocycles. The van der Waals surface area contributed by atoms with E-state index in [1.54, 1.807) is 0 Å². The summed E-state index contributed by atoms with van der Waals surface area (Å²) in [6.45, 7) is 0. The Bertz CT molecular complexity index is 677. The molecule has 114 valence electrons. The minimum absolute atomic E-state index is 0.00605. The zero-order valence-electron chi connectivity index (χ0n) is 11.7. The SMILES string of the molecule is N=C(Cc1ccc(O)cc1O)C(=N)Cc1ccc(O)cc1O. The summed E-state index contributed by atoms with van der Waals surface area (Å²) in [4.78, 5) is 0. The molecule has 2 aromatic rings. The number of benzene rings is 2. The van der Waals surface area contributed by atoms with Crippen LogP contribution in [0.3, 0.4) is 0 Å². The maximum Gasteiger partial charge on any atom is 0.122 e. The van der Waals surface area contributed by atoms with Crippen molar-refractivity contribution < 1.29 is 20.4 Å². The zero-order valence-corrected chi connectivity index (χ0v) is 11.7. The number of hydrogen-bond donors (Lipinski definition) is 6. The van der Waals surface area contributed by atoms with Crippen LogP contribution in [-0.4, -0.2) is 31.8 Å². The second kappa shape index (κ2) is 6.17. The van der Waals surface area contributed by atoms with Crippen LogP contribution in [0.25, 0.3) is 0 Å². The lowest BCUT2D eigenvalue weighted by Crippen LogP contribution is -2.17. The first kappa shape index (κ1) is 15.4. The Morgan fingerprint density at radius 2 is 1.05 bits per heavy atom. The van der Waals surface area contributed by atoms with E-state index >= 15 is 0 Å². The Morgan fingerprint density at radius 1 is 0.682 bits per heavy atom. The second-order valence-electron chi connectivity index (χ2n) is 4.94. The van der Waals surface area contributed by atoms with Gasteiger partial charge in [0.2, 0.25) is 0 Å². The van der Waals surface area contributed by atoms with Crippen LogP contribution < -0.4 is 0 Å². The van der Waals surface area contributed by atoms with Crippen LogP contribution >= 0.6 is 0 Å². The molecule has 0 aromatic heterocycles. The molecule has 0 aliphatic rings. The predicted octanol–water partition coefficient (Wildman–Crippen LogP) is 2.33. The molecule has 0 radical (unpaired) electrons. The molecule has 0 fully saturated rings. The average molecular weight is 300 g/mol. The molecule has 0 atom stereocenters. The Morgan fingerprint density at radius 3 is 1.36 bits per heavy atom. The van der Waals surface area contributed by atoms with Crippen molar-refractivity contribution in [2.75, 3.05) is 0 Å². The topological polar surface area (TPSA) is 129 Å². The molecule has 2 rings (SSSR count). The molecule has 0 amide bonds. The third kappa shape index (κ3) is 3.54. The van der Waals surface area contributed by atoms with Crippen molar-refractivity contribution in [3.63, 3.8) is 0 Å². The van der Waals surface area contributed by atoms with Gasteiger partial charge in [0.15, 0.2) is 0 Å². The van der Waals surface area contributed by atoms with Gasteiger partial charge in [0.1, 0.15) is 23.0 Å². The predicted molar refractivity (Wildman–Crippen MR) is 82.4 cm³/mol.